The van der Waals surface area contributed by atoms with Gasteiger partial charge in [0.15, 0.2) is 0 Å². The van der Waals surface area contributed by atoms with Crippen LogP contribution in [0, 0.1) is 5.92 Å². The summed E-state index contributed by atoms with van der Waals surface area (Å²) in [5, 5.41) is 6.67. The van der Waals surface area contributed by atoms with Crippen molar-refractivity contribution < 1.29 is 14.2 Å². The Bertz CT molecular complexity index is 482. The van der Waals surface area contributed by atoms with E-state index < -0.39 is 0 Å². The van der Waals surface area contributed by atoms with Gasteiger partial charge in [-0.2, -0.15) is 0 Å². The molecule has 1 saturated carbocycles. The molecule has 2 fully saturated rings. The summed E-state index contributed by atoms with van der Waals surface area (Å²) in [5.74, 6) is 0.252. The lowest BCUT2D eigenvalue weighted by Crippen LogP contribution is -2.48. The van der Waals surface area contributed by atoms with Crippen molar-refractivity contribution in [3.63, 3.8) is 0 Å². The molecule has 2 aliphatic rings. The predicted octanol–water partition coefficient (Wildman–Crippen LogP) is 2.68. The number of ether oxygens (including phenoxy) is 3. The van der Waals surface area contributed by atoms with Crippen LogP contribution < -0.4 is 10.6 Å². The first-order valence-electron chi connectivity index (χ1n) is 10.00. The molecule has 5 nitrogen and oxygen atoms in total. The van der Waals surface area contributed by atoms with Crippen LogP contribution in [0.15, 0.2) is 23.3 Å². The molecule has 150 valence electrons. The number of epoxide rings is 1. The SMILES string of the molecule is CNCCCNC/C=C1/CCC2(CO2)C(C(C)OCC=C(C)C)[C@@H]1OC. The molecular weight excluding hydrogens is 328 g/mol. The third kappa shape index (κ3) is 5.89. The molecule has 26 heavy (non-hydrogen) atoms. The molecule has 0 radical (unpaired) electrons. The number of hydrogen-bond donors (Lipinski definition) is 2. The fraction of sp³-hybridized carbons (Fsp3) is 0.810. The highest BCUT2D eigenvalue weighted by Crippen LogP contribution is 2.50. The van der Waals surface area contributed by atoms with Crippen LogP contribution in [0.5, 0.6) is 0 Å². The molecule has 1 spiro atoms. The van der Waals surface area contributed by atoms with Gasteiger partial charge in [0.05, 0.1) is 31.0 Å². The van der Waals surface area contributed by atoms with Gasteiger partial charge in [-0.15, -0.1) is 0 Å². The van der Waals surface area contributed by atoms with Gasteiger partial charge in [0, 0.05) is 19.6 Å². The first-order valence-corrected chi connectivity index (χ1v) is 10.00. The average Bonchev–Trinajstić information content (AvgIpc) is 3.38. The Morgan fingerprint density at radius 3 is 2.77 bits per heavy atom. The first kappa shape index (κ1) is 21.6. The number of nitrogens with one attached hydrogen (secondary N) is 2. The zero-order valence-corrected chi connectivity index (χ0v) is 17.3. The number of methoxy groups -OCH3 is 1. The summed E-state index contributed by atoms with van der Waals surface area (Å²) in [6.07, 6.45) is 7.89. The molecular formula is C21H38N2O3. The van der Waals surface area contributed by atoms with Gasteiger partial charge >= 0.3 is 0 Å². The van der Waals surface area contributed by atoms with Crippen LogP contribution in [-0.4, -0.2) is 64.8 Å². The van der Waals surface area contributed by atoms with Gasteiger partial charge in [-0.3, -0.25) is 0 Å². The first-order chi connectivity index (χ1) is 12.5. The molecule has 1 aliphatic heterocycles. The highest BCUT2D eigenvalue weighted by molar-refractivity contribution is 5.22. The van der Waals surface area contributed by atoms with E-state index in [2.05, 4.69) is 43.6 Å². The van der Waals surface area contributed by atoms with E-state index in [1.165, 1.54) is 11.1 Å². The summed E-state index contributed by atoms with van der Waals surface area (Å²) in [6, 6.07) is 0. The largest absolute Gasteiger partial charge is 0.377 e. The highest BCUT2D eigenvalue weighted by atomic mass is 16.6. The summed E-state index contributed by atoms with van der Waals surface area (Å²) >= 11 is 0. The molecule has 0 bridgehead atoms. The molecule has 1 saturated heterocycles. The Kier molecular flexibility index (Phi) is 8.77. The highest BCUT2D eigenvalue weighted by Gasteiger charge is 2.59. The monoisotopic (exact) mass is 366 g/mol. The third-order valence-electron chi connectivity index (χ3n) is 5.55. The maximum atomic E-state index is 6.13. The van der Waals surface area contributed by atoms with Crippen LogP contribution in [0.4, 0.5) is 0 Å². The topological polar surface area (TPSA) is 55.0 Å². The summed E-state index contributed by atoms with van der Waals surface area (Å²) < 4.78 is 18.0. The molecule has 5 heteroatoms. The van der Waals surface area contributed by atoms with E-state index >= 15 is 0 Å². The van der Waals surface area contributed by atoms with Crippen molar-refractivity contribution in [1.82, 2.24) is 10.6 Å². The van der Waals surface area contributed by atoms with E-state index in [1.807, 2.05) is 14.2 Å². The van der Waals surface area contributed by atoms with E-state index in [4.69, 9.17) is 14.2 Å². The fourth-order valence-electron chi connectivity index (χ4n) is 3.96. The van der Waals surface area contributed by atoms with Gasteiger partial charge in [-0.1, -0.05) is 17.7 Å². The minimum Gasteiger partial charge on any atom is -0.377 e. The second-order valence-electron chi connectivity index (χ2n) is 7.80. The zero-order chi connectivity index (χ0) is 19.0. The Morgan fingerprint density at radius 1 is 1.38 bits per heavy atom. The molecule has 4 atom stereocenters. The molecule has 1 heterocycles. The Morgan fingerprint density at radius 2 is 2.15 bits per heavy atom. The third-order valence-corrected chi connectivity index (χ3v) is 5.55. The van der Waals surface area contributed by atoms with Crippen molar-refractivity contribution >= 4 is 0 Å². The summed E-state index contributed by atoms with van der Waals surface area (Å²) in [4.78, 5) is 0. The fourth-order valence-corrected chi connectivity index (χ4v) is 3.96. The number of rotatable bonds is 11. The second-order valence-corrected chi connectivity index (χ2v) is 7.80. The number of allylic oxidation sites excluding steroid dienone is 1. The lowest BCUT2D eigenvalue weighted by Gasteiger charge is -2.40. The Hall–Kier alpha value is -0.720. The second kappa shape index (κ2) is 10.6. The summed E-state index contributed by atoms with van der Waals surface area (Å²) in [7, 11) is 3.81. The van der Waals surface area contributed by atoms with E-state index in [0.717, 1.165) is 45.5 Å². The molecule has 0 aromatic rings. The maximum Gasteiger partial charge on any atom is 0.1000 e. The van der Waals surface area contributed by atoms with Crippen LogP contribution in [0.3, 0.4) is 0 Å². The van der Waals surface area contributed by atoms with E-state index in [1.54, 1.807) is 0 Å². The average molecular weight is 367 g/mol. The van der Waals surface area contributed by atoms with Crippen LogP contribution in [-0.2, 0) is 14.2 Å². The van der Waals surface area contributed by atoms with Crippen molar-refractivity contribution in [2.45, 2.75) is 57.8 Å². The van der Waals surface area contributed by atoms with Crippen LogP contribution >= 0.6 is 0 Å². The molecule has 2 N–H and O–H groups in total. The van der Waals surface area contributed by atoms with E-state index in [9.17, 15) is 0 Å². The van der Waals surface area contributed by atoms with Crippen LogP contribution in [0.25, 0.3) is 0 Å². The van der Waals surface area contributed by atoms with Gasteiger partial charge in [0.25, 0.3) is 0 Å². The van der Waals surface area contributed by atoms with Gasteiger partial charge in [-0.05, 0) is 65.7 Å². The van der Waals surface area contributed by atoms with Crippen molar-refractivity contribution in [2.75, 3.05) is 47.0 Å². The smallest absolute Gasteiger partial charge is 0.1000 e. The van der Waals surface area contributed by atoms with Crippen molar-refractivity contribution in [1.29, 1.82) is 0 Å². The van der Waals surface area contributed by atoms with Crippen LogP contribution in [0.2, 0.25) is 0 Å². The minimum atomic E-state index is -0.0391. The minimum absolute atomic E-state index is 0.0391. The number of hydrogen-bond acceptors (Lipinski definition) is 5. The van der Waals surface area contributed by atoms with Crippen molar-refractivity contribution in [2.24, 2.45) is 5.92 Å². The standard InChI is InChI=1S/C21H38N2O3/c1-16(2)9-14-25-17(3)19-20(24-5)18(7-10-21(19)15-26-21)8-13-23-12-6-11-22-4/h8-9,17,19-20,22-23H,6-7,10-15H2,1-5H3/b18-8-/t17?,19?,20-,21?/m1/s1. The van der Waals surface area contributed by atoms with Crippen molar-refractivity contribution in [3.05, 3.63) is 23.3 Å². The Labute approximate surface area is 159 Å². The zero-order valence-electron chi connectivity index (χ0n) is 17.3. The lowest BCUT2D eigenvalue weighted by molar-refractivity contribution is -0.0671. The molecule has 0 amide bonds. The van der Waals surface area contributed by atoms with Gasteiger partial charge in [-0.25, -0.2) is 0 Å². The van der Waals surface area contributed by atoms with Crippen molar-refractivity contribution in [3.8, 4) is 0 Å². The van der Waals surface area contributed by atoms with E-state index in [0.29, 0.717) is 6.61 Å². The molecule has 0 aromatic heterocycles. The molecule has 3 unspecified atom stereocenters. The Balaban J connectivity index is 1.96. The molecule has 0 aromatic carbocycles. The quantitative estimate of drug-likeness (QED) is 0.334. The van der Waals surface area contributed by atoms with Crippen LogP contribution in [0.1, 0.15) is 40.0 Å². The summed E-state index contributed by atoms with van der Waals surface area (Å²) in [5.41, 5.74) is 2.63. The lowest BCUT2D eigenvalue weighted by atomic mass is 9.72. The molecule has 1 aliphatic carbocycles. The van der Waals surface area contributed by atoms with E-state index in [-0.39, 0.29) is 23.7 Å². The van der Waals surface area contributed by atoms with Gasteiger partial charge < -0.3 is 24.8 Å². The van der Waals surface area contributed by atoms with Gasteiger partial charge in [0.2, 0.25) is 0 Å². The molecule has 2 rings (SSSR count). The van der Waals surface area contributed by atoms with Gasteiger partial charge in [0.1, 0.15) is 0 Å². The predicted molar refractivity (Wildman–Crippen MR) is 107 cm³/mol. The maximum absolute atomic E-state index is 6.13. The summed E-state index contributed by atoms with van der Waals surface area (Å²) in [6.45, 7) is 10.8. The normalized spacial score (nSPS) is 30.6.